The van der Waals surface area contributed by atoms with E-state index in [-0.39, 0.29) is 0 Å². The van der Waals surface area contributed by atoms with Crippen molar-refractivity contribution < 1.29 is 0 Å². The van der Waals surface area contributed by atoms with Gasteiger partial charge < -0.3 is 10.6 Å². The molecule has 1 aromatic carbocycles. The van der Waals surface area contributed by atoms with Gasteiger partial charge in [0.15, 0.2) is 0 Å². The largest absolute Gasteiger partial charge is 0.374 e. The van der Waals surface area contributed by atoms with E-state index in [0.717, 1.165) is 12.3 Å². The molecule has 0 radical (unpaired) electrons. The second-order valence-corrected chi connectivity index (χ2v) is 4.23. The lowest BCUT2D eigenvalue weighted by Crippen LogP contribution is -2.22. The Balaban J connectivity index is 2.72. The Kier molecular flexibility index (Phi) is 4.84. The molecule has 0 aliphatic heterocycles. The molecular formula is C11H18N2S. The normalized spacial score (nSPS) is 10.2. The molecule has 2 nitrogen and oxygen atoms in total. The van der Waals surface area contributed by atoms with Crippen LogP contribution in [0.2, 0.25) is 0 Å². The van der Waals surface area contributed by atoms with Gasteiger partial charge >= 0.3 is 0 Å². The molecule has 14 heavy (non-hydrogen) atoms. The molecule has 78 valence electrons. The van der Waals surface area contributed by atoms with Crippen molar-refractivity contribution in [2.75, 3.05) is 30.5 Å². The van der Waals surface area contributed by atoms with Gasteiger partial charge in [0.25, 0.3) is 0 Å². The van der Waals surface area contributed by atoms with Crippen molar-refractivity contribution in [2.24, 2.45) is 5.73 Å². The van der Waals surface area contributed by atoms with E-state index in [0.29, 0.717) is 6.54 Å². The van der Waals surface area contributed by atoms with Crippen LogP contribution in [0.4, 0.5) is 5.69 Å². The average Bonchev–Trinajstić information content (AvgIpc) is 2.25. The molecule has 0 saturated heterocycles. The predicted octanol–water partition coefficient (Wildman–Crippen LogP) is 1.94. The molecule has 0 amide bonds. The van der Waals surface area contributed by atoms with Crippen molar-refractivity contribution in [1.82, 2.24) is 0 Å². The Bertz CT molecular complexity index is 276. The lowest BCUT2D eigenvalue weighted by Gasteiger charge is -2.21. The van der Waals surface area contributed by atoms with Gasteiger partial charge in [-0.15, -0.1) is 0 Å². The monoisotopic (exact) mass is 210 g/mol. The average molecular weight is 210 g/mol. The van der Waals surface area contributed by atoms with Crippen LogP contribution in [-0.4, -0.2) is 25.6 Å². The fourth-order valence-electron chi connectivity index (χ4n) is 1.40. The molecule has 3 heteroatoms. The summed E-state index contributed by atoms with van der Waals surface area (Å²) in [5.74, 6) is 1.15. The van der Waals surface area contributed by atoms with Crippen molar-refractivity contribution in [3.8, 4) is 0 Å². The van der Waals surface area contributed by atoms with Gasteiger partial charge in [-0.1, -0.05) is 18.2 Å². The molecule has 1 rings (SSSR count). The number of nitrogens with zero attached hydrogens (tertiary/aromatic N) is 1. The molecule has 0 saturated carbocycles. The SMILES string of the molecule is CSCCN(C)c1ccccc1CN. The van der Waals surface area contributed by atoms with Crippen molar-refractivity contribution in [3.63, 3.8) is 0 Å². The third-order valence-electron chi connectivity index (χ3n) is 2.25. The summed E-state index contributed by atoms with van der Waals surface area (Å²) in [7, 11) is 2.12. The summed E-state index contributed by atoms with van der Waals surface area (Å²) in [5, 5.41) is 0. The highest BCUT2D eigenvalue weighted by atomic mass is 32.2. The summed E-state index contributed by atoms with van der Waals surface area (Å²) >= 11 is 1.87. The smallest absolute Gasteiger partial charge is 0.0409 e. The second kappa shape index (κ2) is 5.94. The van der Waals surface area contributed by atoms with Crippen LogP contribution in [0, 0.1) is 0 Å². The van der Waals surface area contributed by atoms with E-state index in [1.807, 2.05) is 17.8 Å². The van der Waals surface area contributed by atoms with Crippen LogP contribution >= 0.6 is 11.8 Å². The Morgan fingerprint density at radius 1 is 1.36 bits per heavy atom. The van der Waals surface area contributed by atoms with Crippen LogP contribution in [0.1, 0.15) is 5.56 Å². The molecule has 0 heterocycles. The summed E-state index contributed by atoms with van der Waals surface area (Å²) < 4.78 is 0. The van der Waals surface area contributed by atoms with Crippen molar-refractivity contribution in [3.05, 3.63) is 29.8 Å². The Morgan fingerprint density at radius 3 is 2.71 bits per heavy atom. The maximum Gasteiger partial charge on any atom is 0.0409 e. The quantitative estimate of drug-likeness (QED) is 0.805. The Morgan fingerprint density at radius 2 is 2.07 bits per heavy atom. The van der Waals surface area contributed by atoms with Crippen LogP contribution in [0.3, 0.4) is 0 Å². The third kappa shape index (κ3) is 2.93. The molecule has 2 N–H and O–H groups in total. The second-order valence-electron chi connectivity index (χ2n) is 3.25. The predicted molar refractivity (Wildman–Crippen MR) is 66.0 cm³/mol. The number of hydrogen-bond acceptors (Lipinski definition) is 3. The zero-order valence-corrected chi connectivity index (χ0v) is 9.68. The van der Waals surface area contributed by atoms with Crippen molar-refractivity contribution >= 4 is 17.4 Å². The maximum atomic E-state index is 5.69. The molecule has 0 spiro atoms. The topological polar surface area (TPSA) is 29.3 Å². The Labute approximate surface area is 90.5 Å². The first-order valence-corrected chi connectivity index (χ1v) is 6.17. The van der Waals surface area contributed by atoms with Gasteiger partial charge in [0.2, 0.25) is 0 Å². The van der Waals surface area contributed by atoms with Gasteiger partial charge in [-0.3, -0.25) is 0 Å². The van der Waals surface area contributed by atoms with Gasteiger partial charge in [-0.2, -0.15) is 11.8 Å². The van der Waals surface area contributed by atoms with Crippen LogP contribution in [0.5, 0.6) is 0 Å². The summed E-state index contributed by atoms with van der Waals surface area (Å²) in [6.07, 6.45) is 2.13. The van der Waals surface area contributed by atoms with Gasteiger partial charge in [0, 0.05) is 31.6 Å². The number of hydrogen-bond donors (Lipinski definition) is 1. The van der Waals surface area contributed by atoms with Gasteiger partial charge in [0.05, 0.1) is 0 Å². The zero-order chi connectivity index (χ0) is 10.4. The highest BCUT2D eigenvalue weighted by Crippen LogP contribution is 2.18. The molecule has 0 fully saturated rings. The minimum atomic E-state index is 0.611. The molecule has 0 bridgehead atoms. The van der Waals surface area contributed by atoms with Crippen molar-refractivity contribution in [2.45, 2.75) is 6.54 Å². The number of rotatable bonds is 5. The number of anilines is 1. The van der Waals surface area contributed by atoms with E-state index in [1.165, 1.54) is 11.3 Å². The number of benzene rings is 1. The third-order valence-corrected chi connectivity index (χ3v) is 2.84. The summed E-state index contributed by atoms with van der Waals surface area (Å²) in [6, 6.07) is 8.31. The fourth-order valence-corrected chi connectivity index (χ4v) is 1.86. The maximum absolute atomic E-state index is 5.69. The first kappa shape index (κ1) is 11.4. The highest BCUT2D eigenvalue weighted by molar-refractivity contribution is 7.98. The number of thioether (sulfide) groups is 1. The van der Waals surface area contributed by atoms with Gasteiger partial charge in [-0.05, 0) is 17.9 Å². The van der Waals surface area contributed by atoms with E-state index in [1.54, 1.807) is 0 Å². The number of nitrogens with two attached hydrogens (primary N) is 1. The zero-order valence-electron chi connectivity index (χ0n) is 8.86. The van der Waals surface area contributed by atoms with E-state index < -0.39 is 0 Å². The lowest BCUT2D eigenvalue weighted by molar-refractivity contribution is 0.949. The van der Waals surface area contributed by atoms with Crippen LogP contribution in [-0.2, 0) is 6.54 Å². The molecule has 0 unspecified atom stereocenters. The Hall–Kier alpha value is -0.670. The van der Waals surface area contributed by atoms with Gasteiger partial charge in [-0.25, -0.2) is 0 Å². The first-order chi connectivity index (χ1) is 6.79. The highest BCUT2D eigenvalue weighted by Gasteiger charge is 2.04. The number of para-hydroxylation sites is 1. The summed E-state index contributed by atoms with van der Waals surface area (Å²) in [4.78, 5) is 2.26. The van der Waals surface area contributed by atoms with Crippen LogP contribution in [0.15, 0.2) is 24.3 Å². The van der Waals surface area contributed by atoms with E-state index in [4.69, 9.17) is 5.73 Å². The van der Waals surface area contributed by atoms with E-state index in [9.17, 15) is 0 Å². The molecule has 0 aliphatic carbocycles. The molecule has 0 atom stereocenters. The van der Waals surface area contributed by atoms with Crippen molar-refractivity contribution in [1.29, 1.82) is 0 Å². The van der Waals surface area contributed by atoms with E-state index >= 15 is 0 Å². The summed E-state index contributed by atoms with van der Waals surface area (Å²) in [5.41, 5.74) is 8.16. The lowest BCUT2D eigenvalue weighted by atomic mass is 10.1. The molecular weight excluding hydrogens is 192 g/mol. The minimum Gasteiger partial charge on any atom is -0.374 e. The molecule has 0 aromatic heterocycles. The fraction of sp³-hybridized carbons (Fsp3) is 0.455. The van der Waals surface area contributed by atoms with E-state index in [2.05, 4.69) is 36.4 Å². The first-order valence-electron chi connectivity index (χ1n) is 4.77. The van der Waals surface area contributed by atoms with Crippen LogP contribution in [0.25, 0.3) is 0 Å². The van der Waals surface area contributed by atoms with Crippen LogP contribution < -0.4 is 10.6 Å². The van der Waals surface area contributed by atoms with Gasteiger partial charge in [0.1, 0.15) is 0 Å². The standard InChI is InChI=1S/C11H18N2S/c1-13(7-8-14-2)11-6-4-3-5-10(11)9-12/h3-6H,7-9,12H2,1-2H3. The minimum absolute atomic E-state index is 0.611. The molecule has 1 aromatic rings. The molecule has 0 aliphatic rings. The summed E-state index contributed by atoms with van der Waals surface area (Å²) in [6.45, 7) is 1.68.